The van der Waals surface area contributed by atoms with Crippen LogP contribution in [0.1, 0.15) is 31.2 Å². The highest BCUT2D eigenvalue weighted by Gasteiger charge is 2.39. The first kappa shape index (κ1) is 11.5. The summed E-state index contributed by atoms with van der Waals surface area (Å²) in [7, 11) is 0. The Labute approximate surface area is 113 Å². The highest BCUT2D eigenvalue weighted by Crippen LogP contribution is 2.37. The van der Waals surface area contributed by atoms with E-state index in [-0.39, 0.29) is 0 Å². The third-order valence-corrected chi connectivity index (χ3v) is 4.83. The van der Waals surface area contributed by atoms with Gasteiger partial charge in [0.2, 0.25) is 0 Å². The standard InChI is InChI=1S/C16H20N2O/c17-12-7-13-5-6-14(8-12)18(13)9-11-10-19-16-4-2-1-3-15(11)16/h1-4,10,12-14H,5-9,17H2. The fraction of sp³-hybridized carbons (Fsp3) is 0.500. The number of nitrogens with zero attached hydrogens (tertiary/aromatic N) is 1. The minimum atomic E-state index is 0.412. The van der Waals surface area contributed by atoms with Crippen LogP contribution in [0.2, 0.25) is 0 Å². The normalized spacial score (nSPS) is 31.1. The summed E-state index contributed by atoms with van der Waals surface area (Å²) in [6.45, 7) is 1.01. The number of piperidine rings is 1. The molecule has 1 aromatic carbocycles. The lowest BCUT2D eigenvalue weighted by molar-refractivity contribution is 0.120. The van der Waals surface area contributed by atoms with Crippen molar-refractivity contribution in [2.24, 2.45) is 5.73 Å². The molecule has 0 aliphatic carbocycles. The highest BCUT2D eigenvalue weighted by molar-refractivity contribution is 5.80. The van der Waals surface area contributed by atoms with Crippen molar-refractivity contribution in [3.05, 3.63) is 36.1 Å². The zero-order chi connectivity index (χ0) is 12.8. The molecular formula is C16H20N2O. The number of para-hydroxylation sites is 1. The van der Waals surface area contributed by atoms with Gasteiger partial charge in [-0.25, -0.2) is 0 Å². The Morgan fingerprint density at radius 3 is 2.68 bits per heavy atom. The number of rotatable bonds is 2. The third kappa shape index (κ3) is 1.88. The van der Waals surface area contributed by atoms with Crippen molar-refractivity contribution in [1.29, 1.82) is 0 Å². The molecule has 2 bridgehead atoms. The molecule has 2 fully saturated rings. The molecule has 0 amide bonds. The molecule has 100 valence electrons. The summed E-state index contributed by atoms with van der Waals surface area (Å²) < 4.78 is 5.65. The molecule has 3 nitrogen and oxygen atoms in total. The zero-order valence-electron chi connectivity index (χ0n) is 11.1. The lowest BCUT2D eigenvalue weighted by Crippen LogP contribution is -2.46. The van der Waals surface area contributed by atoms with Gasteiger partial charge in [0.25, 0.3) is 0 Å². The smallest absolute Gasteiger partial charge is 0.134 e. The second-order valence-electron chi connectivity index (χ2n) is 6.05. The van der Waals surface area contributed by atoms with Gasteiger partial charge in [-0.05, 0) is 31.7 Å². The SMILES string of the molecule is NC1CC2CCC(C1)N2Cc1coc2ccccc12. The lowest BCUT2D eigenvalue weighted by atomic mass is 9.97. The van der Waals surface area contributed by atoms with E-state index in [1.54, 1.807) is 0 Å². The average molecular weight is 256 g/mol. The van der Waals surface area contributed by atoms with E-state index in [2.05, 4.69) is 17.0 Å². The molecule has 2 atom stereocenters. The van der Waals surface area contributed by atoms with Gasteiger partial charge in [-0.3, -0.25) is 4.90 Å². The van der Waals surface area contributed by atoms with Crippen molar-refractivity contribution in [2.45, 2.75) is 50.4 Å². The van der Waals surface area contributed by atoms with Gasteiger partial charge in [-0.15, -0.1) is 0 Å². The van der Waals surface area contributed by atoms with Gasteiger partial charge in [0.1, 0.15) is 5.58 Å². The molecule has 1 aromatic heterocycles. The molecule has 0 spiro atoms. The maximum atomic E-state index is 6.14. The van der Waals surface area contributed by atoms with Gasteiger partial charge in [0, 0.05) is 35.6 Å². The molecule has 3 heteroatoms. The Kier molecular flexibility index (Phi) is 2.64. The van der Waals surface area contributed by atoms with Crippen LogP contribution in [0.4, 0.5) is 0 Å². The predicted octanol–water partition coefficient (Wildman–Crippen LogP) is 2.89. The molecular weight excluding hydrogens is 236 g/mol. The minimum absolute atomic E-state index is 0.412. The summed E-state index contributed by atoms with van der Waals surface area (Å²) in [6, 6.07) is 10.1. The predicted molar refractivity (Wildman–Crippen MR) is 75.8 cm³/mol. The second-order valence-corrected chi connectivity index (χ2v) is 6.05. The van der Waals surface area contributed by atoms with Gasteiger partial charge in [-0.1, -0.05) is 18.2 Å². The summed E-state index contributed by atoms with van der Waals surface area (Å²) >= 11 is 0. The van der Waals surface area contributed by atoms with Crippen molar-refractivity contribution in [1.82, 2.24) is 4.90 Å². The first-order chi connectivity index (χ1) is 9.31. The number of nitrogens with two attached hydrogens (primary N) is 1. The van der Waals surface area contributed by atoms with Crippen molar-refractivity contribution in [3.63, 3.8) is 0 Å². The van der Waals surface area contributed by atoms with E-state index in [9.17, 15) is 0 Å². The van der Waals surface area contributed by atoms with E-state index in [4.69, 9.17) is 10.2 Å². The molecule has 2 aliphatic rings. The Morgan fingerprint density at radius 2 is 1.89 bits per heavy atom. The maximum Gasteiger partial charge on any atom is 0.134 e. The maximum absolute atomic E-state index is 6.14. The summed E-state index contributed by atoms with van der Waals surface area (Å²) in [5.74, 6) is 0. The van der Waals surface area contributed by atoms with E-state index >= 15 is 0 Å². The van der Waals surface area contributed by atoms with Crippen LogP contribution in [0.5, 0.6) is 0 Å². The first-order valence-electron chi connectivity index (χ1n) is 7.27. The van der Waals surface area contributed by atoms with Crippen LogP contribution in [-0.4, -0.2) is 23.0 Å². The van der Waals surface area contributed by atoms with E-state index < -0.39 is 0 Å². The number of furan rings is 1. The third-order valence-electron chi connectivity index (χ3n) is 4.83. The van der Waals surface area contributed by atoms with Gasteiger partial charge in [0.05, 0.1) is 6.26 Å². The van der Waals surface area contributed by atoms with Gasteiger partial charge < -0.3 is 10.2 Å². The summed E-state index contributed by atoms with van der Waals surface area (Å²) in [5, 5.41) is 1.26. The molecule has 0 radical (unpaired) electrons. The molecule has 2 unspecified atom stereocenters. The second kappa shape index (κ2) is 4.36. The molecule has 2 aliphatic heterocycles. The number of hydrogen-bond acceptors (Lipinski definition) is 3. The lowest BCUT2D eigenvalue weighted by Gasteiger charge is -2.37. The molecule has 3 heterocycles. The fourth-order valence-corrected chi connectivity index (χ4v) is 3.93. The van der Waals surface area contributed by atoms with Gasteiger partial charge in [-0.2, -0.15) is 0 Å². The first-order valence-corrected chi connectivity index (χ1v) is 7.27. The summed E-state index contributed by atoms with van der Waals surface area (Å²) in [6.07, 6.45) is 6.87. The highest BCUT2D eigenvalue weighted by atomic mass is 16.3. The van der Waals surface area contributed by atoms with Crippen LogP contribution >= 0.6 is 0 Å². The Hall–Kier alpha value is -1.32. The molecule has 0 saturated carbocycles. The topological polar surface area (TPSA) is 42.4 Å². The molecule has 4 rings (SSSR count). The van der Waals surface area contributed by atoms with E-state index in [0.717, 1.165) is 25.0 Å². The monoisotopic (exact) mass is 256 g/mol. The summed E-state index contributed by atoms with van der Waals surface area (Å²) in [4.78, 5) is 2.65. The Morgan fingerprint density at radius 1 is 1.16 bits per heavy atom. The van der Waals surface area contributed by atoms with E-state index in [1.165, 1.54) is 23.8 Å². The zero-order valence-corrected chi connectivity index (χ0v) is 11.1. The number of hydrogen-bond donors (Lipinski definition) is 1. The van der Waals surface area contributed by atoms with Crippen molar-refractivity contribution < 1.29 is 4.42 Å². The number of benzene rings is 1. The quantitative estimate of drug-likeness (QED) is 0.898. The van der Waals surface area contributed by atoms with Crippen LogP contribution in [0.3, 0.4) is 0 Å². The van der Waals surface area contributed by atoms with Crippen LogP contribution in [0.25, 0.3) is 11.0 Å². The van der Waals surface area contributed by atoms with Crippen LogP contribution in [-0.2, 0) is 6.54 Å². The number of fused-ring (bicyclic) bond motifs is 3. The van der Waals surface area contributed by atoms with Gasteiger partial charge in [0.15, 0.2) is 0 Å². The Bertz CT molecular complexity index is 577. The average Bonchev–Trinajstić information content (AvgIpc) is 2.92. The fourth-order valence-electron chi connectivity index (χ4n) is 3.93. The van der Waals surface area contributed by atoms with E-state index in [0.29, 0.717) is 18.1 Å². The molecule has 2 saturated heterocycles. The Balaban J connectivity index is 1.62. The minimum Gasteiger partial charge on any atom is -0.464 e. The van der Waals surface area contributed by atoms with Crippen molar-refractivity contribution >= 4 is 11.0 Å². The molecule has 19 heavy (non-hydrogen) atoms. The van der Waals surface area contributed by atoms with Gasteiger partial charge >= 0.3 is 0 Å². The van der Waals surface area contributed by atoms with Crippen LogP contribution < -0.4 is 5.73 Å². The molecule has 2 N–H and O–H groups in total. The largest absolute Gasteiger partial charge is 0.464 e. The van der Waals surface area contributed by atoms with Crippen LogP contribution in [0.15, 0.2) is 34.9 Å². The van der Waals surface area contributed by atoms with Crippen molar-refractivity contribution in [2.75, 3.05) is 0 Å². The summed E-state index contributed by atoms with van der Waals surface area (Å²) in [5.41, 5.74) is 8.46. The van der Waals surface area contributed by atoms with Crippen molar-refractivity contribution in [3.8, 4) is 0 Å². The molecule has 2 aromatic rings. The van der Waals surface area contributed by atoms with Crippen LogP contribution in [0, 0.1) is 0 Å². The van der Waals surface area contributed by atoms with E-state index in [1.807, 2.05) is 18.4 Å².